The number of benzene rings is 1. The quantitative estimate of drug-likeness (QED) is 0.893. The Kier molecular flexibility index (Phi) is 5.48. The zero-order valence-corrected chi connectivity index (χ0v) is 14.2. The van der Waals surface area contributed by atoms with Crippen LogP contribution >= 0.6 is 11.6 Å². The Labute approximate surface area is 147 Å². The molecule has 4 nitrogen and oxygen atoms in total. The van der Waals surface area contributed by atoms with E-state index in [1.807, 2.05) is 42.5 Å². The van der Waals surface area contributed by atoms with Gasteiger partial charge in [0.1, 0.15) is 0 Å². The van der Waals surface area contributed by atoms with E-state index in [0.717, 1.165) is 36.9 Å². The van der Waals surface area contributed by atoms with Gasteiger partial charge in [0.25, 0.3) is 0 Å². The fourth-order valence-corrected chi connectivity index (χ4v) is 3.49. The second-order valence-electron chi connectivity index (χ2n) is 6.37. The molecule has 126 valence electrons. The van der Waals surface area contributed by atoms with E-state index in [2.05, 4.69) is 10.3 Å². The molecule has 1 heterocycles. The third-order valence-electron chi connectivity index (χ3n) is 4.54. The highest BCUT2D eigenvalue weighted by atomic mass is 35.5. The summed E-state index contributed by atoms with van der Waals surface area (Å²) in [4.78, 5) is 17.2. The third-order valence-corrected chi connectivity index (χ3v) is 4.77. The van der Waals surface area contributed by atoms with E-state index in [1.54, 1.807) is 6.20 Å². The van der Waals surface area contributed by atoms with Gasteiger partial charge in [0.2, 0.25) is 5.91 Å². The summed E-state index contributed by atoms with van der Waals surface area (Å²) in [5, 5.41) is 3.79. The zero-order valence-electron chi connectivity index (χ0n) is 13.5. The SMILES string of the molecule is NC1CCCC(C(=O)NC(c2cccc(Cl)c2)c2ccccn2)C1. The van der Waals surface area contributed by atoms with E-state index < -0.39 is 0 Å². The van der Waals surface area contributed by atoms with Gasteiger partial charge in [-0.25, -0.2) is 0 Å². The van der Waals surface area contributed by atoms with Crippen molar-refractivity contribution >= 4 is 17.5 Å². The topological polar surface area (TPSA) is 68.0 Å². The maximum atomic E-state index is 12.8. The maximum absolute atomic E-state index is 12.8. The number of nitrogens with one attached hydrogen (secondary N) is 1. The number of pyridine rings is 1. The molecule has 0 radical (unpaired) electrons. The Morgan fingerprint density at radius 2 is 2.12 bits per heavy atom. The summed E-state index contributed by atoms with van der Waals surface area (Å²) < 4.78 is 0. The number of nitrogens with two attached hydrogens (primary N) is 1. The molecule has 3 N–H and O–H groups in total. The standard InChI is InChI=1S/C19H22ClN3O/c20-15-7-3-5-13(11-15)18(17-9-1-2-10-22-17)23-19(24)14-6-4-8-16(21)12-14/h1-3,5,7,9-11,14,16,18H,4,6,8,12,21H2,(H,23,24). The molecule has 2 aromatic rings. The molecule has 1 aromatic heterocycles. The molecule has 1 aliphatic rings. The molecule has 1 amide bonds. The lowest BCUT2D eigenvalue weighted by Crippen LogP contribution is -2.39. The number of aromatic nitrogens is 1. The molecule has 1 aromatic carbocycles. The molecule has 1 aliphatic carbocycles. The van der Waals surface area contributed by atoms with Gasteiger partial charge in [0.15, 0.2) is 0 Å². The maximum Gasteiger partial charge on any atom is 0.223 e. The van der Waals surface area contributed by atoms with Gasteiger partial charge >= 0.3 is 0 Å². The number of amides is 1. The number of carbonyl (C=O) groups excluding carboxylic acids is 1. The van der Waals surface area contributed by atoms with E-state index in [-0.39, 0.29) is 23.9 Å². The first kappa shape index (κ1) is 16.9. The summed E-state index contributed by atoms with van der Waals surface area (Å²) in [7, 11) is 0. The molecule has 24 heavy (non-hydrogen) atoms. The number of halogens is 1. The predicted octanol–water partition coefficient (Wildman–Crippen LogP) is 3.46. The Hall–Kier alpha value is -1.91. The monoisotopic (exact) mass is 343 g/mol. The normalized spacial score (nSPS) is 21.9. The van der Waals surface area contributed by atoms with Gasteiger partial charge in [-0.1, -0.05) is 36.2 Å². The van der Waals surface area contributed by atoms with Gasteiger partial charge in [-0.2, -0.15) is 0 Å². The summed E-state index contributed by atoms with van der Waals surface area (Å²) in [5.74, 6) is 0.0138. The van der Waals surface area contributed by atoms with Crippen molar-refractivity contribution in [2.45, 2.75) is 37.8 Å². The molecule has 1 fully saturated rings. The van der Waals surface area contributed by atoms with Crippen molar-refractivity contribution in [1.29, 1.82) is 0 Å². The van der Waals surface area contributed by atoms with Gasteiger partial charge in [-0.3, -0.25) is 9.78 Å². The average molecular weight is 344 g/mol. The van der Waals surface area contributed by atoms with E-state index in [4.69, 9.17) is 17.3 Å². The lowest BCUT2D eigenvalue weighted by atomic mass is 9.85. The number of hydrogen-bond acceptors (Lipinski definition) is 3. The van der Waals surface area contributed by atoms with E-state index in [9.17, 15) is 4.79 Å². The van der Waals surface area contributed by atoms with Crippen LogP contribution in [-0.2, 0) is 4.79 Å². The van der Waals surface area contributed by atoms with Gasteiger partial charge < -0.3 is 11.1 Å². The molecule has 5 heteroatoms. The largest absolute Gasteiger partial charge is 0.343 e. The fourth-order valence-electron chi connectivity index (χ4n) is 3.29. The molecule has 0 saturated heterocycles. The predicted molar refractivity (Wildman–Crippen MR) is 95.6 cm³/mol. The Bertz CT molecular complexity index is 692. The van der Waals surface area contributed by atoms with Crippen LogP contribution in [0, 0.1) is 5.92 Å². The van der Waals surface area contributed by atoms with E-state index >= 15 is 0 Å². The second-order valence-corrected chi connectivity index (χ2v) is 6.81. The molecule has 0 spiro atoms. The third kappa shape index (κ3) is 4.13. The number of nitrogens with zero attached hydrogens (tertiary/aromatic N) is 1. The van der Waals surface area contributed by atoms with Crippen LogP contribution in [-0.4, -0.2) is 16.9 Å². The summed E-state index contributed by atoms with van der Waals surface area (Å²) >= 11 is 6.13. The second kappa shape index (κ2) is 7.77. The minimum atomic E-state index is -0.310. The average Bonchev–Trinajstić information content (AvgIpc) is 2.60. The molecule has 0 aliphatic heterocycles. The van der Waals surface area contributed by atoms with Crippen molar-refractivity contribution in [3.8, 4) is 0 Å². The van der Waals surface area contributed by atoms with Gasteiger partial charge in [-0.05, 0) is 49.1 Å². The van der Waals surface area contributed by atoms with Crippen LogP contribution < -0.4 is 11.1 Å². The van der Waals surface area contributed by atoms with Crippen LogP contribution in [0.1, 0.15) is 43.0 Å². The molecule has 1 saturated carbocycles. The highest BCUT2D eigenvalue weighted by Gasteiger charge is 2.28. The summed E-state index contributed by atoms with van der Waals surface area (Å²) in [6, 6.07) is 13.0. The molecule has 3 atom stereocenters. The van der Waals surface area contributed by atoms with Crippen molar-refractivity contribution in [3.05, 3.63) is 64.9 Å². The summed E-state index contributed by atoms with van der Waals surface area (Å²) in [6.07, 6.45) is 5.38. The fraction of sp³-hybridized carbons (Fsp3) is 0.368. The van der Waals surface area contributed by atoms with Crippen LogP contribution in [0.5, 0.6) is 0 Å². The lowest BCUT2D eigenvalue weighted by Gasteiger charge is -2.28. The van der Waals surface area contributed by atoms with E-state index in [0.29, 0.717) is 5.02 Å². The van der Waals surface area contributed by atoms with Crippen LogP contribution in [0.3, 0.4) is 0 Å². The van der Waals surface area contributed by atoms with E-state index in [1.165, 1.54) is 0 Å². The highest BCUT2D eigenvalue weighted by Crippen LogP contribution is 2.27. The molecular formula is C19H22ClN3O. The number of carbonyl (C=O) groups is 1. The zero-order chi connectivity index (χ0) is 16.9. The van der Waals surface area contributed by atoms with Gasteiger partial charge in [0.05, 0.1) is 11.7 Å². The Morgan fingerprint density at radius 3 is 2.83 bits per heavy atom. The van der Waals surface area contributed by atoms with Crippen molar-refractivity contribution in [2.24, 2.45) is 11.7 Å². The number of hydrogen-bond donors (Lipinski definition) is 2. The molecule has 3 rings (SSSR count). The lowest BCUT2D eigenvalue weighted by molar-refractivity contribution is -0.126. The molecule has 0 bridgehead atoms. The first-order chi connectivity index (χ1) is 11.6. The van der Waals surface area contributed by atoms with Crippen LogP contribution in [0.4, 0.5) is 0 Å². The Balaban J connectivity index is 1.84. The van der Waals surface area contributed by atoms with Crippen LogP contribution in [0.25, 0.3) is 0 Å². The molecular weight excluding hydrogens is 322 g/mol. The van der Waals surface area contributed by atoms with Gasteiger partial charge in [-0.15, -0.1) is 0 Å². The first-order valence-electron chi connectivity index (χ1n) is 8.36. The minimum Gasteiger partial charge on any atom is -0.343 e. The smallest absolute Gasteiger partial charge is 0.223 e. The van der Waals surface area contributed by atoms with Crippen LogP contribution in [0.2, 0.25) is 5.02 Å². The van der Waals surface area contributed by atoms with Crippen molar-refractivity contribution < 1.29 is 4.79 Å². The first-order valence-corrected chi connectivity index (χ1v) is 8.73. The number of rotatable bonds is 4. The van der Waals surface area contributed by atoms with Crippen molar-refractivity contribution in [1.82, 2.24) is 10.3 Å². The summed E-state index contributed by atoms with van der Waals surface area (Å²) in [6.45, 7) is 0. The molecule has 3 unspecified atom stereocenters. The van der Waals surface area contributed by atoms with Crippen LogP contribution in [0.15, 0.2) is 48.7 Å². The van der Waals surface area contributed by atoms with Crippen molar-refractivity contribution in [2.75, 3.05) is 0 Å². The van der Waals surface area contributed by atoms with Crippen molar-refractivity contribution in [3.63, 3.8) is 0 Å². The van der Waals surface area contributed by atoms with Gasteiger partial charge in [0, 0.05) is 23.2 Å². The summed E-state index contributed by atoms with van der Waals surface area (Å²) in [5.41, 5.74) is 7.75. The highest BCUT2D eigenvalue weighted by molar-refractivity contribution is 6.30. The Morgan fingerprint density at radius 1 is 1.25 bits per heavy atom. The minimum absolute atomic E-state index is 0.0286.